The largest absolute Gasteiger partial charge is 0.299 e. The van der Waals surface area contributed by atoms with Crippen molar-refractivity contribution in [3.05, 3.63) is 0 Å². The molecular weight excluding hydrogens is 364 g/mol. The van der Waals surface area contributed by atoms with Crippen molar-refractivity contribution in [2.75, 3.05) is 12.5 Å². The third-order valence-electron chi connectivity index (χ3n) is 4.43. The van der Waals surface area contributed by atoms with E-state index in [1.54, 1.807) is 41.5 Å². The van der Waals surface area contributed by atoms with E-state index in [0.29, 0.717) is 0 Å². The van der Waals surface area contributed by atoms with Crippen LogP contribution in [0.1, 0.15) is 62.3 Å². The molecule has 2 unspecified atom stereocenters. The summed E-state index contributed by atoms with van der Waals surface area (Å²) in [6, 6.07) is 0. The molecule has 6 nitrogen and oxygen atoms in total. The Morgan fingerprint density at radius 2 is 1.08 bits per heavy atom. The van der Waals surface area contributed by atoms with E-state index in [0.717, 1.165) is 12.5 Å². The smallest absolute Gasteiger partial charge is 0.160 e. The second kappa shape index (κ2) is 7.86. The number of carbonyl (C=O) groups excluding carboxylic acids is 2. The van der Waals surface area contributed by atoms with E-state index in [1.165, 1.54) is 20.8 Å². The van der Waals surface area contributed by atoms with E-state index < -0.39 is 40.5 Å². The SMILES string of the molecule is CC(=O)C(C(C)(C)C)S(C)(=O)=O.CC(=O)C(C)(C(C)(C)C)S(C)(=O)=O. The molecule has 8 heteroatoms. The van der Waals surface area contributed by atoms with Crippen LogP contribution < -0.4 is 0 Å². The van der Waals surface area contributed by atoms with E-state index in [1.807, 2.05) is 0 Å². The van der Waals surface area contributed by atoms with Crippen molar-refractivity contribution >= 4 is 31.2 Å². The van der Waals surface area contributed by atoms with Crippen LogP contribution in [0.2, 0.25) is 0 Å². The van der Waals surface area contributed by atoms with Crippen LogP contribution in [-0.2, 0) is 29.3 Å². The molecule has 0 aromatic heterocycles. The average molecular weight is 399 g/mol. The van der Waals surface area contributed by atoms with Gasteiger partial charge in [-0.25, -0.2) is 16.8 Å². The third kappa shape index (κ3) is 6.81. The zero-order valence-corrected chi connectivity index (χ0v) is 19.0. The fourth-order valence-electron chi connectivity index (χ4n) is 2.90. The Morgan fingerprint density at radius 3 is 1.08 bits per heavy atom. The highest BCUT2D eigenvalue weighted by atomic mass is 32.2. The number of ketones is 2. The molecular formula is C17H34O6S2. The molecule has 0 aliphatic heterocycles. The van der Waals surface area contributed by atoms with Crippen LogP contribution in [0.3, 0.4) is 0 Å². The summed E-state index contributed by atoms with van der Waals surface area (Å²) in [5.41, 5.74) is -1.09. The summed E-state index contributed by atoms with van der Waals surface area (Å²) in [7, 11) is -6.64. The molecule has 2 atom stereocenters. The molecule has 0 amide bonds. The summed E-state index contributed by atoms with van der Waals surface area (Å²) in [4.78, 5) is 22.4. The normalized spacial score (nSPS) is 16.9. The Hall–Kier alpha value is -0.760. The maximum absolute atomic E-state index is 11.5. The van der Waals surface area contributed by atoms with Crippen LogP contribution >= 0.6 is 0 Å². The molecule has 25 heavy (non-hydrogen) atoms. The molecule has 0 rings (SSSR count). The molecule has 0 aromatic rings. The van der Waals surface area contributed by atoms with Gasteiger partial charge in [0.05, 0.1) is 0 Å². The van der Waals surface area contributed by atoms with Gasteiger partial charge in [-0.2, -0.15) is 0 Å². The minimum absolute atomic E-state index is 0.287. The maximum atomic E-state index is 11.5. The highest BCUT2D eigenvalue weighted by Gasteiger charge is 2.50. The van der Waals surface area contributed by atoms with Crippen LogP contribution in [0.5, 0.6) is 0 Å². The van der Waals surface area contributed by atoms with Gasteiger partial charge in [-0.05, 0) is 31.6 Å². The maximum Gasteiger partial charge on any atom is 0.160 e. The quantitative estimate of drug-likeness (QED) is 0.721. The molecule has 0 bridgehead atoms. The lowest BCUT2D eigenvalue weighted by Crippen LogP contribution is -2.52. The minimum Gasteiger partial charge on any atom is -0.299 e. The van der Waals surface area contributed by atoms with Crippen molar-refractivity contribution in [1.82, 2.24) is 0 Å². The van der Waals surface area contributed by atoms with Gasteiger partial charge < -0.3 is 0 Å². The second-order valence-corrected chi connectivity index (χ2v) is 13.3. The first-order valence-corrected chi connectivity index (χ1v) is 11.8. The molecule has 0 aromatic carbocycles. The number of carbonyl (C=O) groups is 2. The van der Waals surface area contributed by atoms with Crippen LogP contribution in [0, 0.1) is 10.8 Å². The van der Waals surface area contributed by atoms with Gasteiger partial charge in [-0.15, -0.1) is 0 Å². The summed E-state index contributed by atoms with van der Waals surface area (Å²) >= 11 is 0. The van der Waals surface area contributed by atoms with Crippen molar-refractivity contribution in [1.29, 1.82) is 0 Å². The lowest BCUT2D eigenvalue weighted by atomic mass is 9.79. The van der Waals surface area contributed by atoms with Gasteiger partial charge in [-0.1, -0.05) is 41.5 Å². The first kappa shape index (κ1) is 26.5. The van der Waals surface area contributed by atoms with Gasteiger partial charge in [0, 0.05) is 12.5 Å². The molecule has 0 saturated heterocycles. The van der Waals surface area contributed by atoms with Crippen molar-refractivity contribution < 1.29 is 26.4 Å². The lowest BCUT2D eigenvalue weighted by molar-refractivity contribution is -0.121. The molecule has 0 N–H and O–H groups in total. The molecule has 150 valence electrons. The van der Waals surface area contributed by atoms with Crippen LogP contribution in [0.15, 0.2) is 0 Å². The average Bonchev–Trinajstić information content (AvgIpc) is 2.19. The first-order chi connectivity index (χ1) is 10.5. The van der Waals surface area contributed by atoms with Crippen LogP contribution in [-0.4, -0.2) is 50.9 Å². The minimum atomic E-state index is -3.37. The van der Waals surface area contributed by atoms with Crippen molar-refractivity contribution in [3.63, 3.8) is 0 Å². The Morgan fingerprint density at radius 1 is 0.760 bits per heavy atom. The second-order valence-electron chi connectivity index (χ2n) is 8.80. The Bertz CT molecular complexity index is 703. The van der Waals surface area contributed by atoms with E-state index in [4.69, 9.17) is 0 Å². The first-order valence-electron chi connectivity index (χ1n) is 7.91. The lowest BCUT2D eigenvalue weighted by Gasteiger charge is -2.37. The summed E-state index contributed by atoms with van der Waals surface area (Å²) in [5, 5.41) is -0.884. The Kier molecular flexibility index (Phi) is 8.32. The fourth-order valence-corrected chi connectivity index (χ4v) is 6.42. The Labute approximate surface area is 153 Å². The predicted octanol–water partition coefficient (Wildman–Crippen LogP) is 2.46. The topological polar surface area (TPSA) is 102 Å². The zero-order valence-electron chi connectivity index (χ0n) is 17.3. The summed E-state index contributed by atoms with van der Waals surface area (Å²) < 4.78 is 44.1. The van der Waals surface area contributed by atoms with Gasteiger partial charge >= 0.3 is 0 Å². The molecule has 0 heterocycles. The number of rotatable bonds is 4. The Balaban J connectivity index is 0. The predicted molar refractivity (Wildman–Crippen MR) is 102 cm³/mol. The van der Waals surface area contributed by atoms with Crippen molar-refractivity contribution in [2.45, 2.75) is 72.3 Å². The van der Waals surface area contributed by atoms with Gasteiger partial charge in [0.15, 0.2) is 25.5 Å². The zero-order chi connectivity index (χ0) is 21.2. The molecule has 0 radical (unpaired) electrons. The van der Waals surface area contributed by atoms with Crippen molar-refractivity contribution in [2.24, 2.45) is 10.8 Å². The molecule has 0 spiro atoms. The van der Waals surface area contributed by atoms with E-state index in [9.17, 15) is 26.4 Å². The summed E-state index contributed by atoms with van der Waals surface area (Å²) in [6.07, 6.45) is 2.21. The van der Waals surface area contributed by atoms with Gasteiger partial charge in [0.25, 0.3) is 0 Å². The van der Waals surface area contributed by atoms with Crippen molar-refractivity contribution in [3.8, 4) is 0 Å². The fraction of sp³-hybridized carbons (Fsp3) is 0.882. The third-order valence-corrected chi connectivity index (χ3v) is 8.71. The number of Topliss-reactive ketones (excluding diaryl/α,β-unsaturated/α-hetero) is 2. The number of hydrogen-bond donors (Lipinski definition) is 0. The molecule has 0 fully saturated rings. The molecule has 0 aliphatic rings. The standard InChI is InChI=1S/C9H18O3S.C8H16O3S/c1-7(10)9(5,8(2,3)4)13(6,11)12;1-6(9)7(8(2,3)4)12(5,10)11/h1-6H3;7H,1-5H3. The van der Waals surface area contributed by atoms with E-state index in [2.05, 4.69) is 0 Å². The van der Waals surface area contributed by atoms with Gasteiger partial charge in [-0.3, -0.25) is 9.59 Å². The van der Waals surface area contributed by atoms with E-state index in [-0.39, 0.29) is 11.6 Å². The highest BCUT2D eigenvalue weighted by molar-refractivity contribution is 7.93. The molecule has 0 saturated carbocycles. The number of sulfone groups is 2. The summed E-state index contributed by atoms with van der Waals surface area (Å²) in [5.74, 6) is -0.590. The monoisotopic (exact) mass is 398 g/mol. The molecule has 0 aliphatic carbocycles. The van der Waals surface area contributed by atoms with Crippen LogP contribution in [0.25, 0.3) is 0 Å². The van der Waals surface area contributed by atoms with E-state index >= 15 is 0 Å². The number of hydrogen-bond acceptors (Lipinski definition) is 6. The van der Waals surface area contributed by atoms with Gasteiger partial charge in [0.2, 0.25) is 0 Å². The van der Waals surface area contributed by atoms with Crippen LogP contribution in [0.4, 0.5) is 0 Å². The van der Waals surface area contributed by atoms with Gasteiger partial charge in [0.1, 0.15) is 15.8 Å². The highest BCUT2D eigenvalue weighted by Crippen LogP contribution is 2.37. The summed E-state index contributed by atoms with van der Waals surface area (Å²) in [6.45, 7) is 14.7.